The summed E-state index contributed by atoms with van der Waals surface area (Å²) >= 11 is 0.929. The number of nitrogens with zero attached hydrogens (tertiary/aromatic N) is 1. The summed E-state index contributed by atoms with van der Waals surface area (Å²) in [5.41, 5.74) is 2.10. The van der Waals surface area contributed by atoms with Gasteiger partial charge in [0.1, 0.15) is 18.2 Å². The number of ether oxygens (including phenoxy) is 1. The molecule has 1 aliphatic rings. The van der Waals surface area contributed by atoms with E-state index in [-0.39, 0.29) is 30.1 Å². The Hall–Kier alpha value is -2.60. The van der Waals surface area contributed by atoms with Gasteiger partial charge in [0.15, 0.2) is 0 Å². The Morgan fingerprint density at radius 3 is 2.37 bits per heavy atom. The summed E-state index contributed by atoms with van der Waals surface area (Å²) in [6, 6.07) is 13.5. The highest BCUT2D eigenvalue weighted by Crippen LogP contribution is 2.32. The molecule has 0 bridgehead atoms. The van der Waals surface area contributed by atoms with Crippen LogP contribution < -0.4 is 4.74 Å². The van der Waals surface area contributed by atoms with E-state index in [0.29, 0.717) is 16.6 Å². The highest BCUT2D eigenvalue weighted by atomic mass is 32.2. The number of halogens is 1. The van der Waals surface area contributed by atoms with E-state index in [1.807, 2.05) is 24.3 Å². The molecule has 0 spiro atoms. The maximum absolute atomic E-state index is 12.9. The molecule has 0 radical (unpaired) electrons. The van der Waals surface area contributed by atoms with Crippen LogP contribution in [0.5, 0.6) is 5.75 Å². The average molecular weight is 385 g/mol. The zero-order valence-corrected chi connectivity index (χ0v) is 16.0. The van der Waals surface area contributed by atoms with E-state index in [1.54, 1.807) is 6.08 Å². The van der Waals surface area contributed by atoms with Crippen LogP contribution in [0.3, 0.4) is 0 Å². The molecule has 3 rings (SSSR count). The third kappa shape index (κ3) is 4.77. The Morgan fingerprint density at radius 1 is 1.07 bits per heavy atom. The van der Waals surface area contributed by atoms with Crippen LogP contribution in [0.1, 0.15) is 30.9 Å². The number of thioether (sulfide) groups is 1. The molecule has 2 aromatic rings. The number of carbonyl (C=O) groups excluding carboxylic acids is 2. The van der Waals surface area contributed by atoms with Crippen molar-refractivity contribution >= 4 is 29.0 Å². The first-order valence-electron chi connectivity index (χ1n) is 8.68. The van der Waals surface area contributed by atoms with Crippen LogP contribution in [-0.4, -0.2) is 29.2 Å². The molecule has 0 N–H and O–H groups in total. The van der Waals surface area contributed by atoms with Crippen molar-refractivity contribution in [2.75, 3.05) is 13.2 Å². The Bertz CT molecular complexity index is 860. The van der Waals surface area contributed by atoms with Gasteiger partial charge in [0.25, 0.3) is 11.1 Å². The van der Waals surface area contributed by atoms with Crippen molar-refractivity contribution < 1.29 is 18.7 Å². The molecular weight excluding hydrogens is 365 g/mol. The van der Waals surface area contributed by atoms with Crippen molar-refractivity contribution in [1.29, 1.82) is 0 Å². The summed E-state index contributed by atoms with van der Waals surface area (Å²) in [5.74, 6) is 0.261. The van der Waals surface area contributed by atoms with Gasteiger partial charge in [-0.05, 0) is 59.1 Å². The van der Waals surface area contributed by atoms with E-state index < -0.39 is 0 Å². The minimum absolute atomic E-state index is 0.145. The molecule has 27 heavy (non-hydrogen) atoms. The summed E-state index contributed by atoms with van der Waals surface area (Å²) in [5, 5.41) is -0.312. The molecule has 1 saturated heterocycles. The Kier molecular flexibility index (Phi) is 5.96. The zero-order valence-electron chi connectivity index (χ0n) is 15.1. The van der Waals surface area contributed by atoms with Crippen molar-refractivity contribution in [3.8, 4) is 5.75 Å². The van der Waals surface area contributed by atoms with Gasteiger partial charge in [-0.3, -0.25) is 14.5 Å². The number of hydrogen-bond acceptors (Lipinski definition) is 4. The lowest BCUT2D eigenvalue weighted by molar-refractivity contribution is -0.123. The van der Waals surface area contributed by atoms with E-state index in [0.717, 1.165) is 17.3 Å². The number of imide groups is 1. The SMILES string of the molecule is CC(C)c1ccc(/C=C2\SC(=O)N(CCOc3ccc(F)cc3)C2=O)cc1. The van der Waals surface area contributed by atoms with Gasteiger partial charge in [0.2, 0.25) is 0 Å². The van der Waals surface area contributed by atoms with Crippen LogP contribution in [0.15, 0.2) is 53.4 Å². The summed E-state index contributed by atoms with van der Waals surface area (Å²) < 4.78 is 18.3. The lowest BCUT2D eigenvalue weighted by Gasteiger charge is -2.13. The maximum Gasteiger partial charge on any atom is 0.293 e. The molecule has 6 heteroatoms. The topological polar surface area (TPSA) is 46.6 Å². The predicted molar refractivity (Wildman–Crippen MR) is 105 cm³/mol. The summed E-state index contributed by atoms with van der Waals surface area (Å²) in [4.78, 5) is 26.2. The number of hydrogen-bond donors (Lipinski definition) is 0. The monoisotopic (exact) mass is 385 g/mol. The Balaban J connectivity index is 1.61. The van der Waals surface area contributed by atoms with E-state index in [9.17, 15) is 14.0 Å². The Labute approximate surface area is 162 Å². The van der Waals surface area contributed by atoms with Crippen LogP contribution in [0.25, 0.3) is 6.08 Å². The van der Waals surface area contributed by atoms with Crippen molar-refractivity contribution in [2.24, 2.45) is 0 Å². The molecule has 0 aliphatic carbocycles. The lowest BCUT2D eigenvalue weighted by atomic mass is 10.0. The van der Waals surface area contributed by atoms with E-state index in [4.69, 9.17) is 4.74 Å². The van der Waals surface area contributed by atoms with Gasteiger partial charge in [-0.1, -0.05) is 38.1 Å². The first-order chi connectivity index (χ1) is 12.9. The van der Waals surface area contributed by atoms with Crippen LogP contribution in [-0.2, 0) is 4.79 Å². The Morgan fingerprint density at radius 2 is 1.74 bits per heavy atom. The standard InChI is InChI=1S/C21H20FNO3S/c1-14(2)16-5-3-15(4-6-16)13-19-20(24)23(21(25)27-19)11-12-26-18-9-7-17(22)8-10-18/h3-10,13-14H,11-12H2,1-2H3/b19-13-. The fourth-order valence-corrected chi connectivity index (χ4v) is 3.47. The molecule has 4 nitrogen and oxygen atoms in total. The minimum atomic E-state index is -0.347. The molecular formula is C21H20FNO3S. The second kappa shape index (κ2) is 8.39. The van der Waals surface area contributed by atoms with Gasteiger partial charge in [-0.15, -0.1) is 0 Å². The number of carbonyl (C=O) groups is 2. The number of benzene rings is 2. The second-order valence-electron chi connectivity index (χ2n) is 6.46. The lowest BCUT2D eigenvalue weighted by Crippen LogP contribution is -2.32. The fraction of sp³-hybridized carbons (Fsp3) is 0.238. The molecule has 140 valence electrons. The molecule has 2 aromatic carbocycles. The van der Waals surface area contributed by atoms with Gasteiger partial charge >= 0.3 is 0 Å². The van der Waals surface area contributed by atoms with Crippen molar-refractivity contribution in [1.82, 2.24) is 4.90 Å². The number of rotatable bonds is 6. The molecule has 1 fully saturated rings. The van der Waals surface area contributed by atoms with Crippen molar-refractivity contribution in [3.63, 3.8) is 0 Å². The number of amides is 2. The molecule has 0 unspecified atom stereocenters. The highest BCUT2D eigenvalue weighted by molar-refractivity contribution is 8.18. The first-order valence-corrected chi connectivity index (χ1v) is 9.49. The minimum Gasteiger partial charge on any atom is -0.492 e. The third-order valence-electron chi connectivity index (χ3n) is 4.17. The van der Waals surface area contributed by atoms with Crippen LogP contribution in [0.2, 0.25) is 0 Å². The third-order valence-corrected chi connectivity index (χ3v) is 5.08. The molecule has 0 aromatic heterocycles. The van der Waals surface area contributed by atoms with Crippen LogP contribution >= 0.6 is 11.8 Å². The maximum atomic E-state index is 12.9. The van der Waals surface area contributed by atoms with Gasteiger partial charge < -0.3 is 4.74 Å². The van der Waals surface area contributed by atoms with E-state index in [1.165, 1.54) is 34.7 Å². The van der Waals surface area contributed by atoms with Crippen molar-refractivity contribution in [3.05, 3.63) is 70.4 Å². The summed E-state index contributed by atoms with van der Waals surface area (Å²) in [7, 11) is 0. The quantitative estimate of drug-likeness (QED) is 0.652. The first kappa shape index (κ1) is 19.2. The van der Waals surface area contributed by atoms with E-state index in [2.05, 4.69) is 13.8 Å². The summed E-state index contributed by atoms with van der Waals surface area (Å²) in [6.07, 6.45) is 1.73. The zero-order chi connectivity index (χ0) is 19.4. The van der Waals surface area contributed by atoms with Gasteiger partial charge in [-0.25, -0.2) is 4.39 Å². The molecule has 1 heterocycles. The highest BCUT2D eigenvalue weighted by Gasteiger charge is 2.34. The summed E-state index contributed by atoms with van der Waals surface area (Å²) in [6.45, 7) is 4.54. The molecule has 2 amide bonds. The van der Waals surface area contributed by atoms with Gasteiger partial charge in [0, 0.05) is 0 Å². The smallest absolute Gasteiger partial charge is 0.293 e. The van der Waals surface area contributed by atoms with Crippen molar-refractivity contribution in [2.45, 2.75) is 19.8 Å². The average Bonchev–Trinajstić information content (AvgIpc) is 2.91. The normalized spacial score (nSPS) is 15.9. The van der Waals surface area contributed by atoms with Gasteiger partial charge in [-0.2, -0.15) is 0 Å². The predicted octanol–water partition coefficient (Wildman–Crippen LogP) is 5.06. The van der Waals surface area contributed by atoms with Crippen LogP contribution in [0, 0.1) is 5.82 Å². The van der Waals surface area contributed by atoms with Crippen LogP contribution in [0.4, 0.5) is 9.18 Å². The molecule has 0 saturated carbocycles. The van der Waals surface area contributed by atoms with E-state index >= 15 is 0 Å². The van der Waals surface area contributed by atoms with Gasteiger partial charge in [0.05, 0.1) is 11.4 Å². The molecule has 1 aliphatic heterocycles. The molecule has 0 atom stereocenters. The largest absolute Gasteiger partial charge is 0.492 e. The fourth-order valence-electron chi connectivity index (χ4n) is 2.61. The second-order valence-corrected chi connectivity index (χ2v) is 7.45.